The predicted molar refractivity (Wildman–Crippen MR) is 72.9 cm³/mol. The molecule has 0 unspecified atom stereocenters. The number of sulfonamides is 1. The van der Waals surface area contributed by atoms with Gasteiger partial charge in [-0.05, 0) is 48.0 Å². The zero-order chi connectivity index (χ0) is 12.5. The van der Waals surface area contributed by atoms with Crippen molar-refractivity contribution >= 4 is 37.3 Å². The lowest BCUT2D eigenvalue weighted by molar-refractivity contribution is 0.329. The van der Waals surface area contributed by atoms with E-state index in [-0.39, 0.29) is 0 Å². The summed E-state index contributed by atoms with van der Waals surface area (Å²) < 4.78 is 27.6. The minimum Gasteiger partial charge on any atom is -0.302 e. The molecule has 2 rings (SSSR count). The first-order valence-corrected chi connectivity index (χ1v) is 8.53. The average molecular weight is 339 g/mol. The summed E-state index contributed by atoms with van der Waals surface area (Å²) in [6, 6.07) is 4.02. The first kappa shape index (κ1) is 13.5. The van der Waals surface area contributed by atoms with Crippen LogP contribution in [0.25, 0.3) is 0 Å². The first-order valence-electron chi connectivity index (χ1n) is 5.44. The van der Waals surface area contributed by atoms with Crippen LogP contribution in [0.1, 0.15) is 12.8 Å². The molecule has 1 aliphatic carbocycles. The van der Waals surface area contributed by atoms with Crippen molar-refractivity contribution < 1.29 is 8.42 Å². The number of nitrogens with zero attached hydrogens (tertiary/aromatic N) is 1. The van der Waals surface area contributed by atoms with Gasteiger partial charge in [0.05, 0.1) is 3.79 Å². The largest absolute Gasteiger partial charge is 0.302 e. The Bertz CT molecular complexity index is 482. The average Bonchev–Trinajstić information content (AvgIpc) is 3.01. The van der Waals surface area contributed by atoms with E-state index >= 15 is 0 Å². The van der Waals surface area contributed by atoms with Crippen LogP contribution in [-0.4, -0.2) is 39.5 Å². The van der Waals surface area contributed by atoms with Gasteiger partial charge in [-0.1, -0.05) is 0 Å². The van der Waals surface area contributed by atoms with Crippen LogP contribution < -0.4 is 4.72 Å². The SMILES string of the molecule is CN(CCNS(=O)(=O)c1ccc(Br)s1)C1CC1. The smallest absolute Gasteiger partial charge is 0.250 e. The lowest BCUT2D eigenvalue weighted by Crippen LogP contribution is -2.33. The third-order valence-corrected chi connectivity index (χ3v) is 6.32. The van der Waals surface area contributed by atoms with Crippen LogP contribution in [-0.2, 0) is 10.0 Å². The van der Waals surface area contributed by atoms with Crippen molar-refractivity contribution in [3.8, 4) is 0 Å². The van der Waals surface area contributed by atoms with E-state index in [2.05, 4.69) is 25.6 Å². The van der Waals surface area contributed by atoms with Gasteiger partial charge in [0.15, 0.2) is 0 Å². The summed E-state index contributed by atoms with van der Waals surface area (Å²) >= 11 is 4.49. The lowest BCUT2D eigenvalue weighted by atomic mass is 10.5. The number of thiophene rings is 1. The van der Waals surface area contributed by atoms with Crippen molar-refractivity contribution in [2.24, 2.45) is 0 Å². The summed E-state index contributed by atoms with van der Waals surface area (Å²) in [6.45, 7) is 1.22. The molecule has 1 saturated carbocycles. The molecule has 1 fully saturated rings. The Labute approximate surface area is 114 Å². The molecule has 0 atom stereocenters. The molecule has 1 N–H and O–H groups in total. The number of rotatable bonds is 6. The van der Waals surface area contributed by atoms with Crippen molar-refractivity contribution in [2.45, 2.75) is 23.1 Å². The van der Waals surface area contributed by atoms with Gasteiger partial charge in [-0.3, -0.25) is 0 Å². The molecule has 0 aromatic carbocycles. The van der Waals surface area contributed by atoms with Crippen molar-refractivity contribution in [1.82, 2.24) is 9.62 Å². The topological polar surface area (TPSA) is 49.4 Å². The van der Waals surface area contributed by atoms with E-state index in [0.717, 1.165) is 10.3 Å². The predicted octanol–water partition coefficient (Wildman–Crippen LogP) is 1.88. The Kier molecular flexibility index (Phi) is 4.25. The molecular formula is C10H15BrN2O2S2. The number of nitrogens with one attached hydrogen (secondary N) is 1. The zero-order valence-electron chi connectivity index (χ0n) is 9.52. The molecule has 1 aromatic rings. The lowest BCUT2D eigenvalue weighted by Gasteiger charge is -2.15. The van der Waals surface area contributed by atoms with Gasteiger partial charge in [-0.15, -0.1) is 11.3 Å². The fourth-order valence-corrected chi connectivity index (χ4v) is 4.64. The second kappa shape index (κ2) is 5.36. The minimum absolute atomic E-state index is 0.360. The third-order valence-electron chi connectivity index (χ3n) is 2.74. The van der Waals surface area contributed by atoms with Crippen molar-refractivity contribution in [2.75, 3.05) is 20.1 Å². The second-order valence-corrected chi connectivity index (χ2v) is 8.62. The molecule has 96 valence electrons. The highest BCUT2D eigenvalue weighted by molar-refractivity contribution is 9.11. The minimum atomic E-state index is -3.33. The molecule has 0 radical (unpaired) electrons. The normalized spacial score (nSPS) is 16.6. The Morgan fingerprint density at radius 1 is 1.53 bits per heavy atom. The van der Waals surface area contributed by atoms with Crippen molar-refractivity contribution in [3.63, 3.8) is 0 Å². The molecule has 4 nitrogen and oxygen atoms in total. The number of hydrogen-bond acceptors (Lipinski definition) is 4. The molecule has 0 bridgehead atoms. The second-order valence-electron chi connectivity index (χ2n) is 4.17. The Morgan fingerprint density at radius 3 is 2.76 bits per heavy atom. The van der Waals surface area contributed by atoms with Crippen LogP contribution in [0, 0.1) is 0 Å². The highest BCUT2D eigenvalue weighted by Crippen LogP contribution is 2.26. The summed E-state index contributed by atoms with van der Waals surface area (Å²) in [7, 11) is -1.29. The standard InChI is InChI=1S/C10H15BrN2O2S2/c1-13(8-2-3-8)7-6-12-17(14,15)10-5-4-9(11)16-10/h4-5,8,12H,2-3,6-7H2,1H3. The summed E-state index contributed by atoms with van der Waals surface area (Å²) in [4.78, 5) is 2.20. The van der Waals surface area contributed by atoms with E-state index in [1.807, 2.05) is 7.05 Å². The molecule has 0 amide bonds. The van der Waals surface area contributed by atoms with Crippen LogP contribution in [0.5, 0.6) is 0 Å². The van der Waals surface area contributed by atoms with Gasteiger partial charge in [0.2, 0.25) is 10.0 Å². The Morgan fingerprint density at radius 2 is 2.24 bits per heavy atom. The van der Waals surface area contributed by atoms with E-state index in [1.54, 1.807) is 12.1 Å². The van der Waals surface area contributed by atoms with Crippen LogP contribution in [0.15, 0.2) is 20.1 Å². The molecule has 0 aliphatic heterocycles. The van der Waals surface area contributed by atoms with Crippen LogP contribution >= 0.6 is 27.3 Å². The van der Waals surface area contributed by atoms with Gasteiger partial charge < -0.3 is 4.90 Å². The molecule has 1 heterocycles. The monoisotopic (exact) mass is 338 g/mol. The summed E-state index contributed by atoms with van der Waals surface area (Å²) in [5, 5.41) is 0. The van der Waals surface area contributed by atoms with Crippen LogP contribution in [0.4, 0.5) is 0 Å². The van der Waals surface area contributed by atoms with Gasteiger partial charge in [0.25, 0.3) is 0 Å². The molecule has 0 spiro atoms. The molecule has 1 aromatic heterocycles. The van der Waals surface area contributed by atoms with Gasteiger partial charge in [0, 0.05) is 19.1 Å². The number of likely N-dealkylation sites (N-methyl/N-ethyl adjacent to an activating group) is 1. The number of hydrogen-bond donors (Lipinski definition) is 1. The molecule has 1 aliphatic rings. The molecule has 0 saturated heterocycles. The van der Waals surface area contributed by atoms with Crippen molar-refractivity contribution in [3.05, 3.63) is 15.9 Å². The van der Waals surface area contributed by atoms with Gasteiger partial charge in [-0.25, -0.2) is 13.1 Å². The van der Waals surface area contributed by atoms with Crippen molar-refractivity contribution in [1.29, 1.82) is 0 Å². The fourth-order valence-electron chi connectivity index (χ4n) is 1.57. The fraction of sp³-hybridized carbons (Fsp3) is 0.600. The van der Waals surface area contributed by atoms with Gasteiger partial charge >= 0.3 is 0 Å². The quantitative estimate of drug-likeness (QED) is 0.861. The zero-order valence-corrected chi connectivity index (χ0v) is 12.7. The Balaban J connectivity index is 1.85. The molecule has 7 heteroatoms. The van der Waals surface area contributed by atoms with Crippen LogP contribution in [0.2, 0.25) is 0 Å². The Hall–Kier alpha value is 0.0500. The first-order chi connectivity index (χ1) is 7.99. The van der Waals surface area contributed by atoms with E-state index < -0.39 is 10.0 Å². The van der Waals surface area contributed by atoms with Gasteiger partial charge in [0.1, 0.15) is 4.21 Å². The van der Waals surface area contributed by atoms with E-state index in [4.69, 9.17) is 0 Å². The number of halogens is 1. The van der Waals surface area contributed by atoms with E-state index in [9.17, 15) is 8.42 Å². The summed E-state index contributed by atoms with van der Waals surface area (Å²) in [6.07, 6.45) is 2.47. The molecular weight excluding hydrogens is 324 g/mol. The van der Waals surface area contributed by atoms with E-state index in [0.29, 0.717) is 16.8 Å². The maximum absolute atomic E-state index is 11.9. The van der Waals surface area contributed by atoms with Crippen LogP contribution in [0.3, 0.4) is 0 Å². The highest BCUT2D eigenvalue weighted by Gasteiger charge is 2.26. The highest BCUT2D eigenvalue weighted by atomic mass is 79.9. The maximum atomic E-state index is 11.9. The summed E-state index contributed by atoms with van der Waals surface area (Å²) in [5.74, 6) is 0. The third kappa shape index (κ3) is 3.75. The van der Waals surface area contributed by atoms with Gasteiger partial charge in [-0.2, -0.15) is 0 Å². The maximum Gasteiger partial charge on any atom is 0.250 e. The summed E-state index contributed by atoms with van der Waals surface area (Å²) in [5.41, 5.74) is 0. The van der Waals surface area contributed by atoms with E-state index in [1.165, 1.54) is 24.2 Å². The molecule has 17 heavy (non-hydrogen) atoms.